The number of carbonyl (C=O) groups excluding carboxylic acids is 1. The minimum atomic E-state index is -4.97. The molecular formula is C20H17F4N3O3S. The second kappa shape index (κ2) is 8.14. The zero-order chi connectivity index (χ0) is 23.0. The maximum Gasteiger partial charge on any atom is 0.434 e. The summed E-state index contributed by atoms with van der Waals surface area (Å²) in [6.07, 6.45) is -3.97. The first-order chi connectivity index (χ1) is 14.4. The number of alkyl halides is 3. The summed E-state index contributed by atoms with van der Waals surface area (Å²) >= 11 is 0. The van der Waals surface area contributed by atoms with Gasteiger partial charge in [-0.25, -0.2) is 17.6 Å². The first kappa shape index (κ1) is 22.5. The smallest absolute Gasteiger partial charge is 0.336 e. The van der Waals surface area contributed by atoms with Crippen LogP contribution in [0, 0.1) is 5.82 Å². The highest BCUT2D eigenvalue weighted by molar-refractivity contribution is 7.90. The van der Waals surface area contributed by atoms with Crippen LogP contribution >= 0.6 is 0 Å². The third-order valence-electron chi connectivity index (χ3n) is 4.36. The fourth-order valence-corrected chi connectivity index (χ4v) is 3.64. The van der Waals surface area contributed by atoms with Gasteiger partial charge in [-0.15, -0.1) is 0 Å². The highest BCUT2D eigenvalue weighted by Crippen LogP contribution is 2.42. The number of hydrogen-bond acceptors (Lipinski definition) is 4. The van der Waals surface area contributed by atoms with Crippen molar-refractivity contribution in [3.8, 4) is 22.4 Å². The van der Waals surface area contributed by atoms with E-state index in [0.29, 0.717) is 0 Å². The van der Waals surface area contributed by atoms with E-state index >= 15 is 0 Å². The summed E-state index contributed by atoms with van der Waals surface area (Å²) < 4.78 is 79.1. The van der Waals surface area contributed by atoms with Gasteiger partial charge in [-0.2, -0.15) is 23.0 Å². The molecule has 0 atom stereocenters. The molecule has 0 saturated heterocycles. The highest BCUT2D eigenvalue weighted by Gasteiger charge is 2.42. The van der Waals surface area contributed by atoms with Gasteiger partial charge in [0, 0.05) is 23.9 Å². The maximum atomic E-state index is 14.0. The average Bonchev–Trinajstić information content (AvgIpc) is 3.09. The predicted octanol–water partition coefficient (Wildman–Crippen LogP) is 4.36. The highest BCUT2D eigenvalue weighted by atomic mass is 32.2. The summed E-state index contributed by atoms with van der Waals surface area (Å²) in [5, 5.41) is 6.18. The van der Waals surface area contributed by atoms with E-state index in [4.69, 9.17) is 0 Å². The van der Waals surface area contributed by atoms with E-state index in [9.17, 15) is 30.8 Å². The van der Waals surface area contributed by atoms with Crippen LogP contribution in [0.5, 0.6) is 0 Å². The summed E-state index contributed by atoms with van der Waals surface area (Å²) in [6.45, 7) is 1.61. The Morgan fingerprint density at radius 2 is 1.58 bits per heavy atom. The second-order valence-corrected chi connectivity index (χ2v) is 8.64. The molecule has 0 unspecified atom stereocenters. The van der Waals surface area contributed by atoms with E-state index in [2.05, 4.69) is 10.4 Å². The van der Waals surface area contributed by atoms with Crippen molar-refractivity contribution in [2.75, 3.05) is 12.8 Å². The number of benzene rings is 2. The molecule has 0 fully saturated rings. The van der Waals surface area contributed by atoms with Gasteiger partial charge >= 0.3 is 12.2 Å². The Labute approximate surface area is 175 Å². The van der Waals surface area contributed by atoms with Crippen molar-refractivity contribution in [2.24, 2.45) is 0 Å². The molecule has 164 valence electrons. The molecular weight excluding hydrogens is 438 g/mol. The van der Waals surface area contributed by atoms with Crippen molar-refractivity contribution in [3.05, 3.63) is 60.0 Å². The van der Waals surface area contributed by atoms with Crippen molar-refractivity contribution in [3.63, 3.8) is 0 Å². The van der Waals surface area contributed by atoms with Gasteiger partial charge in [-0.05, 0) is 36.8 Å². The minimum Gasteiger partial charge on any atom is -0.336 e. The number of nitrogens with zero attached hydrogens (tertiary/aromatic N) is 2. The van der Waals surface area contributed by atoms with Gasteiger partial charge in [-0.3, -0.25) is 0 Å². The summed E-state index contributed by atoms with van der Waals surface area (Å²) in [7, 11) is -3.53. The maximum absolute atomic E-state index is 14.0. The number of nitrogens with one attached hydrogen (secondary N) is 1. The molecule has 1 heterocycles. The number of sulfone groups is 1. The van der Waals surface area contributed by atoms with E-state index in [1.54, 1.807) is 6.92 Å². The Morgan fingerprint density at radius 1 is 1.03 bits per heavy atom. The van der Waals surface area contributed by atoms with Crippen molar-refractivity contribution >= 4 is 15.9 Å². The molecule has 0 saturated carbocycles. The number of hydrogen-bond donors (Lipinski definition) is 1. The van der Waals surface area contributed by atoms with Crippen molar-refractivity contribution in [2.45, 2.75) is 18.0 Å². The quantitative estimate of drug-likeness (QED) is 0.593. The molecule has 0 bridgehead atoms. The summed E-state index contributed by atoms with van der Waals surface area (Å²) in [6, 6.07) is 8.27. The number of amides is 1. The van der Waals surface area contributed by atoms with Gasteiger partial charge in [0.1, 0.15) is 11.5 Å². The van der Waals surface area contributed by atoms with Gasteiger partial charge in [0.05, 0.1) is 4.90 Å². The van der Waals surface area contributed by atoms with Crippen LogP contribution in [0.2, 0.25) is 0 Å². The van der Waals surface area contributed by atoms with Crippen LogP contribution in [0.1, 0.15) is 12.6 Å². The molecule has 0 spiro atoms. The lowest BCUT2D eigenvalue weighted by atomic mass is 9.98. The van der Waals surface area contributed by atoms with Crippen LogP contribution in [0.15, 0.2) is 53.4 Å². The molecule has 1 N–H and O–H groups in total. The van der Waals surface area contributed by atoms with Crippen molar-refractivity contribution in [1.82, 2.24) is 15.1 Å². The van der Waals surface area contributed by atoms with Gasteiger partial charge < -0.3 is 5.32 Å². The molecule has 31 heavy (non-hydrogen) atoms. The molecule has 0 radical (unpaired) electrons. The lowest BCUT2D eigenvalue weighted by Crippen LogP contribution is -2.32. The molecule has 6 nitrogen and oxygen atoms in total. The predicted molar refractivity (Wildman–Crippen MR) is 106 cm³/mol. The second-order valence-electron chi connectivity index (χ2n) is 6.62. The molecule has 3 aromatic rings. The Bertz CT molecular complexity index is 1220. The van der Waals surface area contributed by atoms with Crippen LogP contribution in [-0.4, -0.2) is 37.0 Å². The van der Waals surface area contributed by atoms with Crippen LogP contribution in [0.25, 0.3) is 22.4 Å². The van der Waals surface area contributed by atoms with Crippen molar-refractivity contribution < 1.29 is 30.8 Å². The van der Waals surface area contributed by atoms with Crippen LogP contribution in [0.4, 0.5) is 22.4 Å². The number of rotatable bonds is 4. The fourth-order valence-electron chi connectivity index (χ4n) is 3.01. The van der Waals surface area contributed by atoms with E-state index in [0.717, 1.165) is 30.5 Å². The summed E-state index contributed by atoms with van der Waals surface area (Å²) in [5.41, 5.74) is -1.81. The fraction of sp³-hybridized carbons (Fsp3) is 0.200. The molecule has 0 aliphatic rings. The molecule has 1 amide bonds. The Kier molecular flexibility index (Phi) is 5.90. The average molecular weight is 455 g/mol. The van der Waals surface area contributed by atoms with Crippen LogP contribution < -0.4 is 5.32 Å². The van der Waals surface area contributed by atoms with Gasteiger partial charge in [0.15, 0.2) is 15.5 Å². The monoisotopic (exact) mass is 455 g/mol. The van der Waals surface area contributed by atoms with E-state index < -0.39 is 39.1 Å². The Morgan fingerprint density at radius 3 is 2.06 bits per heavy atom. The molecule has 1 aromatic heterocycles. The summed E-state index contributed by atoms with van der Waals surface area (Å²) in [5.74, 6) is -0.646. The lowest BCUT2D eigenvalue weighted by Gasteiger charge is -2.12. The standard InChI is InChI=1S/C20H17F4N3O3S/c1-3-25-19(28)27-18(20(22,23)24)16(12-4-8-14(21)9-5-12)17(26-27)13-6-10-15(11-7-13)31(2,29)30/h4-11H,3H2,1-2H3,(H,25,28). The zero-order valence-corrected chi connectivity index (χ0v) is 17.2. The largest absolute Gasteiger partial charge is 0.434 e. The molecule has 11 heteroatoms. The minimum absolute atomic E-state index is 0.00790. The SMILES string of the molecule is CCNC(=O)n1nc(-c2ccc(S(C)(=O)=O)cc2)c(-c2ccc(F)cc2)c1C(F)(F)F. The van der Waals surface area contributed by atoms with E-state index in [-0.39, 0.29) is 32.9 Å². The Balaban J connectivity index is 2.34. The first-order valence-electron chi connectivity index (χ1n) is 8.98. The van der Waals surface area contributed by atoms with Crippen LogP contribution in [0.3, 0.4) is 0 Å². The number of halogens is 4. The molecule has 0 aliphatic carbocycles. The zero-order valence-electron chi connectivity index (χ0n) is 16.4. The molecule has 0 aliphatic heterocycles. The number of aromatic nitrogens is 2. The Hall–Kier alpha value is -3.21. The van der Waals surface area contributed by atoms with Gasteiger partial charge in [-0.1, -0.05) is 24.3 Å². The van der Waals surface area contributed by atoms with Crippen molar-refractivity contribution in [1.29, 1.82) is 0 Å². The normalized spacial score (nSPS) is 12.1. The van der Waals surface area contributed by atoms with Gasteiger partial charge in [0.25, 0.3) is 0 Å². The summed E-state index contributed by atoms with van der Waals surface area (Å²) in [4.78, 5) is 12.3. The third-order valence-corrected chi connectivity index (χ3v) is 5.49. The molecule has 2 aromatic carbocycles. The topological polar surface area (TPSA) is 81.1 Å². The number of carbonyl (C=O) groups is 1. The van der Waals surface area contributed by atoms with E-state index in [1.165, 1.54) is 24.3 Å². The van der Waals surface area contributed by atoms with Gasteiger partial charge in [0.2, 0.25) is 0 Å². The first-order valence-corrected chi connectivity index (χ1v) is 10.9. The van der Waals surface area contributed by atoms with E-state index in [1.807, 2.05) is 0 Å². The molecule has 3 rings (SSSR count). The van der Waals surface area contributed by atoms with Crippen LogP contribution in [-0.2, 0) is 16.0 Å². The lowest BCUT2D eigenvalue weighted by molar-refractivity contribution is -0.142. The third kappa shape index (κ3) is 4.61.